The maximum Gasteiger partial charge on any atom is 0.339 e. The molecule has 3 aliphatic rings. The molecule has 15 heteroatoms. The van der Waals surface area contributed by atoms with E-state index in [1.54, 1.807) is 32.2 Å². The molecule has 0 saturated carbocycles. The second-order valence-electron chi connectivity index (χ2n) is 14.2. The Hall–Kier alpha value is -5.38. The largest absolute Gasteiger partial charge is 0.466 e. The minimum atomic E-state index is -0.970. The number of nitro groups is 1. The van der Waals surface area contributed by atoms with Crippen LogP contribution >= 0.6 is 15.9 Å². The first kappa shape index (κ1) is 40.3. The summed E-state index contributed by atoms with van der Waals surface area (Å²) in [6, 6.07) is 14.4. The number of fused-ring (bicyclic) bond motifs is 2. The lowest BCUT2D eigenvalue weighted by atomic mass is 9.69. The SMILES string of the molecule is COC(=O)C1=C(C)NC(C)=C(C(=O)OC)C1c1ccccc1[N+](=O)[O-].COC12CC(COC(=O)c3cncc(Br)c3)CN(C)C1Cc1cn(C)c3cccc2c13. The highest BCUT2D eigenvalue weighted by molar-refractivity contribution is 9.10. The Kier molecular flexibility index (Phi) is 11.8. The maximum absolute atomic E-state index is 12.5. The molecule has 0 spiro atoms. The van der Waals surface area contributed by atoms with Gasteiger partial charge < -0.3 is 28.8 Å². The number of likely N-dealkylation sites (tertiary alicyclic amines) is 1. The number of para-hydroxylation sites is 1. The van der Waals surface area contributed by atoms with Gasteiger partial charge in [-0.3, -0.25) is 20.0 Å². The maximum atomic E-state index is 12.5. The van der Waals surface area contributed by atoms with Crippen LogP contribution in [0.2, 0.25) is 0 Å². The fraction of sp³-hybridized carbons (Fsp3) is 0.366. The minimum absolute atomic E-state index is 0.128. The fourth-order valence-electron chi connectivity index (χ4n) is 8.59. The van der Waals surface area contributed by atoms with Crippen molar-refractivity contribution in [2.75, 3.05) is 41.5 Å². The van der Waals surface area contributed by atoms with Gasteiger partial charge in [-0.25, -0.2) is 14.4 Å². The Morgan fingerprint density at radius 2 is 1.66 bits per heavy atom. The number of carbonyl (C=O) groups excluding carboxylic acids is 3. The number of dihydropyridines is 1. The summed E-state index contributed by atoms with van der Waals surface area (Å²) in [6.45, 7) is 4.50. The van der Waals surface area contributed by atoms with Gasteiger partial charge in [0.15, 0.2) is 0 Å². The molecule has 4 heterocycles. The van der Waals surface area contributed by atoms with E-state index in [1.807, 2.05) is 7.11 Å². The van der Waals surface area contributed by atoms with Crippen LogP contribution in [0.25, 0.3) is 10.9 Å². The number of methoxy groups -OCH3 is 3. The zero-order valence-corrected chi connectivity index (χ0v) is 33.8. The van der Waals surface area contributed by atoms with E-state index in [-0.39, 0.29) is 40.3 Å². The monoisotopic (exact) mass is 829 g/mol. The number of allylic oxidation sites excluding steroid dienone is 2. The van der Waals surface area contributed by atoms with Crippen molar-refractivity contribution in [2.24, 2.45) is 13.0 Å². The normalized spacial score (nSPS) is 20.7. The molecule has 4 aromatic rings. The number of benzene rings is 2. The van der Waals surface area contributed by atoms with Gasteiger partial charge in [-0.05, 0) is 72.9 Å². The topological polar surface area (TPSA) is 164 Å². The lowest BCUT2D eigenvalue weighted by molar-refractivity contribution is -0.385. The number of likely N-dealkylation sites (N-methyl/N-ethyl adjacent to an activating group) is 1. The number of hydrogen-bond acceptors (Lipinski definition) is 12. The Morgan fingerprint density at radius 1 is 0.982 bits per heavy atom. The average molecular weight is 831 g/mol. The Labute approximate surface area is 332 Å². The number of aryl methyl sites for hydroxylation is 1. The number of aromatic nitrogens is 2. The van der Waals surface area contributed by atoms with Crippen LogP contribution in [-0.2, 0) is 47.6 Å². The molecule has 2 aromatic carbocycles. The van der Waals surface area contributed by atoms with Crippen molar-refractivity contribution in [1.82, 2.24) is 19.8 Å². The molecule has 0 bridgehead atoms. The van der Waals surface area contributed by atoms with Crippen molar-refractivity contribution in [3.63, 3.8) is 0 Å². The number of nitrogens with zero attached hydrogens (tertiary/aromatic N) is 4. The minimum Gasteiger partial charge on any atom is -0.466 e. The summed E-state index contributed by atoms with van der Waals surface area (Å²) in [7, 11) is 8.49. The summed E-state index contributed by atoms with van der Waals surface area (Å²) in [5, 5.41) is 15.7. The Balaban J connectivity index is 0.000000195. The van der Waals surface area contributed by atoms with Gasteiger partial charge in [0.1, 0.15) is 5.60 Å². The molecule has 0 radical (unpaired) electrons. The predicted molar refractivity (Wildman–Crippen MR) is 210 cm³/mol. The zero-order chi connectivity index (χ0) is 40.5. The van der Waals surface area contributed by atoms with Crippen LogP contribution in [0.1, 0.15) is 53.2 Å². The summed E-state index contributed by atoms with van der Waals surface area (Å²) in [5.74, 6) is -2.50. The number of ether oxygens (including phenoxy) is 4. The number of hydrogen-bond donors (Lipinski definition) is 1. The van der Waals surface area contributed by atoms with Crippen LogP contribution in [-0.4, -0.2) is 84.9 Å². The number of nitrogens with one attached hydrogen (secondary N) is 1. The standard InChI is InChI=1S/C24H26BrN3O3.C17H18N2O6/c1-27-13-17-8-21-24(30-3,19-5-4-6-20(27)22(17)19)9-15(12-28(21)2)14-31-23(29)16-7-18(25)11-26-10-16;1-9-13(16(20)24-3)15(14(10(2)18-9)17(21)25-4)11-7-5-6-8-12(11)19(22)23/h4-7,10-11,13,15,21H,8-9,12,14H2,1-3H3;5-8,15,18H,1-4H3. The molecular formula is C41H44BrN5O9. The Bertz CT molecular complexity index is 2250. The number of piperidine rings is 1. The summed E-state index contributed by atoms with van der Waals surface area (Å²) in [5.41, 5.74) is 5.09. The molecule has 1 fully saturated rings. The molecule has 1 saturated heterocycles. The number of carbonyl (C=O) groups is 3. The van der Waals surface area contributed by atoms with Gasteiger partial charge in [0.05, 0.1) is 48.4 Å². The molecule has 2 aliphatic heterocycles. The molecule has 3 unspecified atom stereocenters. The number of halogens is 1. The molecule has 7 rings (SSSR count). The molecule has 294 valence electrons. The molecule has 1 aliphatic carbocycles. The third-order valence-corrected chi connectivity index (χ3v) is 11.4. The van der Waals surface area contributed by atoms with Crippen molar-refractivity contribution in [3.05, 3.63) is 127 Å². The Morgan fingerprint density at radius 3 is 2.29 bits per heavy atom. The van der Waals surface area contributed by atoms with E-state index in [4.69, 9.17) is 18.9 Å². The predicted octanol–water partition coefficient (Wildman–Crippen LogP) is 6.09. The van der Waals surface area contributed by atoms with Crippen molar-refractivity contribution in [3.8, 4) is 0 Å². The highest BCUT2D eigenvalue weighted by Crippen LogP contribution is 2.50. The summed E-state index contributed by atoms with van der Waals surface area (Å²) in [6.07, 6.45) is 7.20. The molecular weight excluding hydrogens is 786 g/mol. The fourth-order valence-corrected chi connectivity index (χ4v) is 8.96. The van der Waals surface area contributed by atoms with E-state index >= 15 is 0 Å². The van der Waals surface area contributed by atoms with Gasteiger partial charge in [-0.2, -0.15) is 0 Å². The van der Waals surface area contributed by atoms with Crippen molar-refractivity contribution in [1.29, 1.82) is 0 Å². The molecule has 3 atom stereocenters. The number of pyridine rings is 1. The second-order valence-corrected chi connectivity index (χ2v) is 15.1. The van der Waals surface area contributed by atoms with Gasteiger partial charge in [-0.15, -0.1) is 0 Å². The molecule has 0 amide bonds. The van der Waals surface area contributed by atoms with E-state index in [2.05, 4.69) is 74.2 Å². The van der Waals surface area contributed by atoms with Crippen molar-refractivity contribution in [2.45, 2.75) is 44.2 Å². The second kappa shape index (κ2) is 16.4. The van der Waals surface area contributed by atoms with Gasteiger partial charge in [0.2, 0.25) is 0 Å². The van der Waals surface area contributed by atoms with Crippen LogP contribution in [0.5, 0.6) is 0 Å². The van der Waals surface area contributed by atoms with E-state index in [1.165, 1.54) is 60.6 Å². The summed E-state index contributed by atoms with van der Waals surface area (Å²) >= 11 is 3.35. The van der Waals surface area contributed by atoms with E-state index in [0.29, 0.717) is 23.6 Å². The number of esters is 3. The van der Waals surface area contributed by atoms with Gasteiger partial charge >= 0.3 is 17.9 Å². The molecule has 56 heavy (non-hydrogen) atoms. The quantitative estimate of drug-likeness (QED) is 0.0943. The summed E-state index contributed by atoms with van der Waals surface area (Å²) < 4.78 is 24.7. The zero-order valence-electron chi connectivity index (χ0n) is 32.3. The number of nitro benzene ring substituents is 1. The first-order valence-corrected chi connectivity index (χ1v) is 18.7. The van der Waals surface area contributed by atoms with Crippen LogP contribution in [0, 0.1) is 16.0 Å². The van der Waals surface area contributed by atoms with E-state index < -0.39 is 28.4 Å². The van der Waals surface area contributed by atoms with Crippen LogP contribution in [0.15, 0.2) is 94.1 Å². The van der Waals surface area contributed by atoms with Crippen LogP contribution in [0.4, 0.5) is 5.69 Å². The third kappa shape index (κ3) is 7.33. The molecule has 14 nitrogen and oxygen atoms in total. The van der Waals surface area contributed by atoms with Gasteiger partial charge in [-0.1, -0.05) is 30.3 Å². The van der Waals surface area contributed by atoms with Gasteiger partial charge in [0.25, 0.3) is 5.69 Å². The van der Waals surface area contributed by atoms with Crippen LogP contribution in [0.3, 0.4) is 0 Å². The van der Waals surface area contributed by atoms with Gasteiger partial charge in [0, 0.05) is 89.7 Å². The van der Waals surface area contributed by atoms with E-state index in [9.17, 15) is 24.5 Å². The summed E-state index contributed by atoms with van der Waals surface area (Å²) in [4.78, 5) is 54.6. The highest BCUT2D eigenvalue weighted by atomic mass is 79.9. The van der Waals surface area contributed by atoms with Crippen LogP contribution < -0.4 is 5.32 Å². The average Bonchev–Trinajstić information content (AvgIpc) is 3.52. The smallest absolute Gasteiger partial charge is 0.339 e. The number of rotatable bonds is 8. The highest BCUT2D eigenvalue weighted by Gasteiger charge is 2.52. The first-order valence-electron chi connectivity index (χ1n) is 17.9. The first-order chi connectivity index (χ1) is 26.8. The van der Waals surface area contributed by atoms with E-state index in [0.717, 1.165) is 23.9 Å². The lowest BCUT2D eigenvalue weighted by Gasteiger charge is -2.53. The van der Waals surface area contributed by atoms with Crippen molar-refractivity contribution < 1.29 is 38.3 Å². The molecule has 1 N–H and O–H groups in total. The molecule has 2 aromatic heterocycles. The third-order valence-electron chi connectivity index (χ3n) is 10.9. The lowest BCUT2D eigenvalue weighted by Crippen LogP contribution is -2.59. The van der Waals surface area contributed by atoms with Crippen molar-refractivity contribution >= 4 is 50.4 Å².